The first-order chi connectivity index (χ1) is 7.60. The molecule has 16 heavy (non-hydrogen) atoms. The van der Waals surface area contributed by atoms with Gasteiger partial charge < -0.3 is 15.7 Å². The Morgan fingerprint density at radius 1 is 1.44 bits per heavy atom. The van der Waals surface area contributed by atoms with E-state index in [9.17, 15) is 4.79 Å². The number of aliphatic carboxylic acids is 1. The number of benzene rings is 1. The summed E-state index contributed by atoms with van der Waals surface area (Å²) in [4.78, 5) is 12.6. The quantitative estimate of drug-likeness (QED) is 0.783. The molecule has 0 radical (unpaired) electrons. The van der Waals surface area contributed by atoms with Crippen LogP contribution in [0.2, 0.25) is 0 Å². The molecule has 0 heterocycles. The summed E-state index contributed by atoms with van der Waals surface area (Å²) < 4.78 is 0. The fourth-order valence-electron chi connectivity index (χ4n) is 1.57. The Balaban J connectivity index is 2.86. The zero-order valence-electron chi connectivity index (χ0n) is 9.68. The molecule has 1 unspecified atom stereocenters. The second kappa shape index (κ2) is 5.51. The number of nitrogens with zero attached hydrogens (tertiary/aromatic N) is 1. The lowest BCUT2D eigenvalue weighted by Gasteiger charge is -2.25. The van der Waals surface area contributed by atoms with E-state index < -0.39 is 12.0 Å². The third kappa shape index (κ3) is 2.73. The number of aryl methyl sites for hydroxylation is 1. The molecule has 0 spiro atoms. The Morgan fingerprint density at radius 3 is 2.38 bits per heavy atom. The van der Waals surface area contributed by atoms with E-state index in [2.05, 4.69) is 6.92 Å². The van der Waals surface area contributed by atoms with Crippen LogP contribution in [-0.4, -0.2) is 30.7 Å². The minimum absolute atomic E-state index is 0.0986. The van der Waals surface area contributed by atoms with Crippen LogP contribution in [0.25, 0.3) is 0 Å². The topological polar surface area (TPSA) is 66.6 Å². The molecule has 3 N–H and O–H groups in total. The van der Waals surface area contributed by atoms with Crippen LogP contribution >= 0.6 is 0 Å². The molecule has 4 heteroatoms. The molecule has 1 atom stereocenters. The predicted octanol–water partition coefficient (Wildman–Crippen LogP) is 1.10. The molecule has 0 aromatic heterocycles. The number of carboxylic acids is 1. The maximum Gasteiger partial charge on any atom is 0.327 e. The van der Waals surface area contributed by atoms with Crippen molar-refractivity contribution in [3.8, 4) is 0 Å². The normalized spacial score (nSPS) is 12.2. The van der Waals surface area contributed by atoms with Gasteiger partial charge in [0.15, 0.2) is 0 Å². The molecule has 0 saturated carbocycles. The molecule has 1 rings (SSSR count). The van der Waals surface area contributed by atoms with Crippen LogP contribution in [0, 0.1) is 0 Å². The van der Waals surface area contributed by atoms with Crippen molar-refractivity contribution in [1.82, 2.24) is 0 Å². The number of hydrogen-bond donors (Lipinski definition) is 2. The maximum absolute atomic E-state index is 10.9. The monoisotopic (exact) mass is 222 g/mol. The average molecular weight is 222 g/mol. The van der Waals surface area contributed by atoms with Gasteiger partial charge in [-0.15, -0.1) is 0 Å². The number of anilines is 1. The van der Waals surface area contributed by atoms with Gasteiger partial charge in [0.1, 0.15) is 6.04 Å². The maximum atomic E-state index is 10.9. The molecule has 0 saturated heterocycles. The van der Waals surface area contributed by atoms with Gasteiger partial charge in [-0.2, -0.15) is 0 Å². The van der Waals surface area contributed by atoms with Crippen molar-refractivity contribution in [3.05, 3.63) is 29.8 Å². The molecule has 1 aromatic rings. The molecule has 0 aliphatic heterocycles. The van der Waals surface area contributed by atoms with Crippen molar-refractivity contribution >= 4 is 11.7 Å². The number of carboxylic acid groups (broad SMARTS) is 1. The molecule has 0 aliphatic rings. The van der Waals surface area contributed by atoms with E-state index in [1.807, 2.05) is 24.3 Å². The Hall–Kier alpha value is -1.55. The van der Waals surface area contributed by atoms with E-state index in [1.54, 1.807) is 11.9 Å². The molecular formula is C12H18N2O2. The fourth-order valence-corrected chi connectivity index (χ4v) is 1.57. The summed E-state index contributed by atoms with van der Waals surface area (Å²) in [7, 11) is 1.74. The SMILES string of the molecule is CCc1ccc(N(C)C(CN)C(=O)O)cc1. The number of hydrogen-bond acceptors (Lipinski definition) is 3. The first kappa shape index (κ1) is 12.5. The highest BCUT2D eigenvalue weighted by molar-refractivity contribution is 5.78. The highest BCUT2D eigenvalue weighted by atomic mass is 16.4. The Labute approximate surface area is 95.7 Å². The zero-order chi connectivity index (χ0) is 12.1. The van der Waals surface area contributed by atoms with Crippen LogP contribution in [-0.2, 0) is 11.2 Å². The number of rotatable bonds is 5. The summed E-state index contributed by atoms with van der Waals surface area (Å²) in [6.45, 7) is 2.18. The van der Waals surface area contributed by atoms with Gasteiger partial charge in [-0.05, 0) is 24.1 Å². The third-order valence-corrected chi connectivity index (χ3v) is 2.73. The molecule has 4 nitrogen and oxygen atoms in total. The van der Waals surface area contributed by atoms with E-state index in [-0.39, 0.29) is 6.54 Å². The molecule has 0 amide bonds. The Kier molecular flexibility index (Phi) is 4.31. The van der Waals surface area contributed by atoms with E-state index >= 15 is 0 Å². The second-order valence-electron chi connectivity index (χ2n) is 3.72. The first-order valence-corrected chi connectivity index (χ1v) is 5.34. The lowest BCUT2D eigenvalue weighted by molar-refractivity contribution is -0.138. The lowest BCUT2D eigenvalue weighted by atomic mass is 10.1. The van der Waals surface area contributed by atoms with Crippen molar-refractivity contribution in [2.75, 3.05) is 18.5 Å². The predicted molar refractivity (Wildman–Crippen MR) is 64.7 cm³/mol. The van der Waals surface area contributed by atoms with Gasteiger partial charge in [-0.3, -0.25) is 0 Å². The summed E-state index contributed by atoms with van der Waals surface area (Å²) in [5.41, 5.74) is 7.55. The fraction of sp³-hybridized carbons (Fsp3) is 0.417. The minimum Gasteiger partial charge on any atom is -0.480 e. The van der Waals surface area contributed by atoms with Crippen LogP contribution in [0.5, 0.6) is 0 Å². The molecule has 0 bridgehead atoms. The van der Waals surface area contributed by atoms with Gasteiger partial charge >= 0.3 is 5.97 Å². The summed E-state index contributed by atoms with van der Waals surface area (Å²) in [6, 6.07) is 7.17. The number of likely N-dealkylation sites (N-methyl/N-ethyl adjacent to an activating group) is 1. The van der Waals surface area contributed by atoms with Gasteiger partial charge in [0.25, 0.3) is 0 Å². The number of carbonyl (C=O) groups is 1. The van der Waals surface area contributed by atoms with E-state index in [0.717, 1.165) is 12.1 Å². The summed E-state index contributed by atoms with van der Waals surface area (Å²) in [5.74, 6) is -0.899. The number of nitrogens with two attached hydrogens (primary N) is 1. The smallest absolute Gasteiger partial charge is 0.327 e. The molecule has 0 aliphatic carbocycles. The molecular weight excluding hydrogens is 204 g/mol. The highest BCUT2D eigenvalue weighted by Crippen LogP contribution is 2.16. The zero-order valence-corrected chi connectivity index (χ0v) is 9.68. The van der Waals surface area contributed by atoms with Gasteiger partial charge in [0.05, 0.1) is 0 Å². The van der Waals surface area contributed by atoms with Crippen molar-refractivity contribution in [3.63, 3.8) is 0 Å². The van der Waals surface area contributed by atoms with Gasteiger partial charge in [-0.25, -0.2) is 4.79 Å². The summed E-state index contributed by atoms with van der Waals surface area (Å²) in [5, 5.41) is 8.98. The molecule has 88 valence electrons. The van der Waals surface area contributed by atoms with Crippen LogP contribution < -0.4 is 10.6 Å². The van der Waals surface area contributed by atoms with Crippen LogP contribution in [0.4, 0.5) is 5.69 Å². The molecule has 1 aromatic carbocycles. The van der Waals surface area contributed by atoms with Gasteiger partial charge in [0, 0.05) is 19.3 Å². The largest absolute Gasteiger partial charge is 0.480 e. The third-order valence-electron chi connectivity index (χ3n) is 2.73. The molecule has 0 fully saturated rings. The van der Waals surface area contributed by atoms with Crippen LogP contribution in [0.1, 0.15) is 12.5 Å². The standard InChI is InChI=1S/C12H18N2O2/c1-3-9-4-6-10(7-5-9)14(2)11(8-13)12(15)16/h4-7,11H,3,8,13H2,1-2H3,(H,15,16). The summed E-state index contributed by atoms with van der Waals surface area (Å²) >= 11 is 0. The Bertz CT molecular complexity index is 349. The van der Waals surface area contributed by atoms with E-state index in [1.165, 1.54) is 5.56 Å². The van der Waals surface area contributed by atoms with E-state index in [4.69, 9.17) is 10.8 Å². The summed E-state index contributed by atoms with van der Waals surface area (Å²) in [6.07, 6.45) is 0.975. The average Bonchev–Trinajstić information content (AvgIpc) is 2.29. The minimum atomic E-state index is -0.899. The van der Waals surface area contributed by atoms with Crippen molar-refractivity contribution < 1.29 is 9.90 Å². The van der Waals surface area contributed by atoms with E-state index in [0.29, 0.717) is 0 Å². The lowest BCUT2D eigenvalue weighted by Crippen LogP contribution is -2.44. The Morgan fingerprint density at radius 2 is 2.00 bits per heavy atom. The van der Waals surface area contributed by atoms with Crippen molar-refractivity contribution in [2.45, 2.75) is 19.4 Å². The van der Waals surface area contributed by atoms with Crippen molar-refractivity contribution in [1.29, 1.82) is 0 Å². The van der Waals surface area contributed by atoms with Crippen molar-refractivity contribution in [2.24, 2.45) is 5.73 Å². The van der Waals surface area contributed by atoms with Crippen LogP contribution in [0.3, 0.4) is 0 Å². The first-order valence-electron chi connectivity index (χ1n) is 5.34. The van der Waals surface area contributed by atoms with Gasteiger partial charge in [-0.1, -0.05) is 19.1 Å². The van der Waals surface area contributed by atoms with Gasteiger partial charge in [0.2, 0.25) is 0 Å². The second-order valence-corrected chi connectivity index (χ2v) is 3.72. The van der Waals surface area contributed by atoms with Crippen LogP contribution in [0.15, 0.2) is 24.3 Å². The highest BCUT2D eigenvalue weighted by Gasteiger charge is 2.20.